The highest BCUT2D eigenvalue weighted by Gasteiger charge is 2.27. The predicted octanol–water partition coefficient (Wildman–Crippen LogP) is 0.764. The molecule has 1 aromatic carbocycles. The summed E-state index contributed by atoms with van der Waals surface area (Å²) in [5, 5.41) is 2.51. The Hall–Kier alpha value is -1.70. The standard InChI is InChI=1S/C13H12O2/c1-14-13-8-11-6-9-4-2-3-5-10(9)7-12(11)15-13/h2-8,11-12H,1H3/t11-,12-/m0/s1. The molecule has 0 saturated carbocycles. The number of ether oxygens (including phenoxy) is 2. The molecule has 1 heterocycles. The summed E-state index contributed by atoms with van der Waals surface area (Å²) in [6.45, 7) is 0. The number of hydrogen-bond acceptors (Lipinski definition) is 2. The van der Waals surface area contributed by atoms with Crippen LogP contribution in [0.4, 0.5) is 0 Å². The second kappa shape index (κ2) is 3.16. The first-order valence-electron chi connectivity index (χ1n) is 5.08. The first-order chi connectivity index (χ1) is 7.36. The SMILES string of the molecule is COC1=C[C@@H]2C=c3ccccc3=C[C@@H]2O1. The molecule has 0 unspecified atom stereocenters. The monoisotopic (exact) mass is 200 g/mol. The van der Waals surface area contributed by atoms with E-state index in [1.165, 1.54) is 10.4 Å². The topological polar surface area (TPSA) is 18.5 Å². The first kappa shape index (κ1) is 8.60. The van der Waals surface area contributed by atoms with Gasteiger partial charge in [0, 0.05) is 12.0 Å². The summed E-state index contributed by atoms with van der Waals surface area (Å²) in [6, 6.07) is 8.33. The van der Waals surface area contributed by atoms with E-state index in [-0.39, 0.29) is 6.10 Å². The smallest absolute Gasteiger partial charge is 0.275 e. The van der Waals surface area contributed by atoms with Crippen LogP contribution in [0, 0.1) is 5.92 Å². The lowest BCUT2D eigenvalue weighted by Gasteiger charge is -2.15. The summed E-state index contributed by atoms with van der Waals surface area (Å²) in [4.78, 5) is 0. The molecular weight excluding hydrogens is 188 g/mol. The minimum atomic E-state index is 0.106. The Labute approximate surface area is 88.1 Å². The zero-order valence-electron chi connectivity index (χ0n) is 8.51. The average molecular weight is 200 g/mol. The van der Waals surface area contributed by atoms with E-state index >= 15 is 0 Å². The highest BCUT2D eigenvalue weighted by Crippen LogP contribution is 2.26. The highest BCUT2D eigenvalue weighted by molar-refractivity contribution is 5.48. The molecule has 0 saturated heterocycles. The Bertz CT molecular complexity index is 528. The van der Waals surface area contributed by atoms with Gasteiger partial charge in [-0.25, -0.2) is 0 Å². The van der Waals surface area contributed by atoms with Crippen molar-refractivity contribution in [3.8, 4) is 0 Å². The fourth-order valence-electron chi connectivity index (χ4n) is 2.11. The van der Waals surface area contributed by atoms with Gasteiger partial charge in [-0.3, -0.25) is 0 Å². The maximum absolute atomic E-state index is 5.62. The molecule has 2 heteroatoms. The molecule has 1 aliphatic heterocycles. The van der Waals surface area contributed by atoms with Crippen molar-refractivity contribution in [3.63, 3.8) is 0 Å². The number of fused-ring (bicyclic) bond motifs is 2. The third-order valence-corrected chi connectivity index (χ3v) is 2.87. The minimum Gasteiger partial charge on any atom is -0.469 e. The average Bonchev–Trinajstić information content (AvgIpc) is 2.67. The molecule has 0 fully saturated rings. The lowest BCUT2D eigenvalue weighted by atomic mass is 9.96. The van der Waals surface area contributed by atoms with Gasteiger partial charge >= 0.3 is 0 Å². The molecule has 2 atom stereocenters. The highest BCUT2D eigenvalue weighted by atomic mass is 16.7. The second-order valence-corrected chi connectivity index (χ2v) is 3.81. The van der Waals surface area contributed by atoms with Gasteiger partial charge in [0.15, 0.2) is 0 Å². The molecule has 2 aliphatic rings. The van der Waals surface area contributed by atoms with E-state index in [2.05, 4.69) is 30.4 Å². The second-order valence-electron chi connectivity index (χ2n) is 3.81. The molecule has 1 aromatic rings. The molecular formula is C13H12O2. The molecule has 76 valence electrons. The van der Waals surface area contributed by atoms with Crippen LogP contribution in [0.15, 0.2) is 36.3 Å². The zero-order valence-corrected chi connectivity index (χ0v) is 8.51. The molecule has 0 aromatic heterocycles. The predicted molar refractivity (Wildman–Crippen MR) is 58.1 cm³/mol. The Morgan fingerprint density at radius 2 is 1.80 bits per heavy atom. The molecule has 0 N–H and O–H groups in total. The van der Waals surface area contributed by atoms with Gasteiger partial charge in [-0.2, -0.15) is 0 Å². The molecule has 15 heavy (non-hydrogen) atoms. The minimum absolute atomic E-state index is 0.106. The first-order valence-corrected chi connectivity index (χ1v) is 5.08. The van der Waals surface area contributed by atoms with Crippen LogP contribution in [-0.2, 0) is 9.47 Å². The van der Waals surface area contributed by atoms with Crippen molar-refractivity contribution in [3.05, 3.63) is 46.7 Å². The number of methoxy groups -OCH3 is 1. The number of hydrogen-bond donors (Lipinski definition) is 0. The van der Waals surface area contributed by atoms with E-state index in [0.717, 1.165) is 0 Å². The van der Waals surface area contributed by atoms with E-state index < -0.39 is 0 Å². The molecule has 2 nitrogen and oxygen atoms in total. The summed E-state index contributed by atoms with van der Waals surface area (Å²) in [5.74, 6) is 0.945. The van der Waals surface area contributed by atoms with Crippen LogP contribution in [0.3, 0.4) is 0 Å². The van der Waals surface area contributed by atoms with Gasteiger partial charge in [0.2, 0.25) is 0 Å². The normalized spacial score (nSPS) is 26.3. The van der Waals surface area contributed by atoms with Crippen molar-refractivity contribution in [2.75, 3.05) is 7.11 Å². The Morgan fingerprint density at radius 1 is 1.07 bits per heavy atom. The molecule has 1 aliphatic carbocycles. The summed E-state index contributed by atoms with van der Waals surface area (Å²) >= 11 is 0. The van der Waals surface area contributed by atoms with Crippen molar-refractivity contribution in [2.24, 2.45) is 5.92 Å². The zero-order chi connectivity index (χ0) is 10.3. The number of rotatable bonds is 1. The van der Waals surface area contributed by atoms with E-state index in [9.17, 15) is 0 Å². The fraction of sp³-hybridized carbons (Fsp3) is 0.231. The summed E-state index contributed by atoms with van der Waals surface area (Å²) in [7, 11) is 1.64. The van der Waals surface area contributed by atoms with Crippen molar-refractivity contribution in [2.45, 2.75) is 6.10 Å². The van der Waals surface area contributed by atoms with Crippen LogP contribution >= 0.6 is 0 Å². The summed E-state index contributed by atoms with van der Waals surface area (Å²) < 4.78 is 10.7. The van der Waals surface area contributed by atoms with Crippen LogP contribution in [0.1, 0.15) is 0 Å². The maximum Gasteiger partial charge on any atom is 0.275 e. The Balaban J connectivity index is 2.11. The molecule has 0 bridgehead atoms. The third kappa shape index (κ3) is 1.33. The maximum atomic E-state index is 5.62. The van der Waals surface area contributed by atoms with Crippen molar-refractivity contribution < 1.29 is 9.47 Å². The third-order valence-electron chi connectivity index (χ3n) is 2.87. The molecule has 0 amide bonds. The van der Waals surface area contributed by atoms with Crippen molar-refractivity contribution >= 4 is 12.2 Å². The lowest BCUT2D eigenvalue weighted by Crippen LogP contribution is -2.33. The van der Waals surface area contributed by atoms with Crippen LogP contribution in [-0.4, -0.2) is 13.2 Å². The molecule has 0 spiro atoms. The molecule has 3 rings (SSSR count). The van der Waals surface area contributed by atoms with Gasteiger partial charge in [-0.1, -0.05) is 30.3 Å². The molecule has 0 radical (unpaired) electrons. The van der Waals surface area contributed by atoms with Crippen molar-refractivity contribution in [1.29, 1.82) is 0 Å². The van der Waals surface area contributed by atoms with E-state index in [1.807, 2.05) is 12.1 Å². The van der Waals surface area contributed by atoms with E-state index in [1.54, 1.807) is 7.11 Å². The lowest BCUT2D eigenvalue weighted by molar-refractivity contribution is 0.0551. The summed E-state index contributed by atoms with van der Waals surface area (Å²) in [6.07, 6.45) is 6.51. The summed E-state index contributed by atoms with van der Waals surface area (Å²) in [5.41, 5.74) is 0. The quantitative estimate of drug-likeness (QED) is 0.666. The van der Waals surface area contributed by atoms with Gasteiger partial charge in [0.1, 0.15) is 6.10 Å². The largest absolute Gasteiger partial charge is 0.469 e. The van der Waals surface area contributed by atoms with Gasteiger partial charge < -0.3 is 9.47 Å². The van der Waals surface area contributed by atoms with Gasteiger partial charge in [0.25, 0.3) is 5.95 Å². The Morgan fingerprint density at radius 3 is 2.53 bits per heavy atom. The van der Waals surface area contributed by atoms with Gasteiger partial charge in [-0.15, -0.1) is 0 Å². The van der Waals surface area contributed by atoms with Crippen LogP contribution in [0.2, 0.25) is 0 Å². The number of benzene rings is 1. The van der Waals surface area contributed by atoms with Gasteiger partial charge in [-0.05, 0) is 16.5 Å². The van der Waals surface area contributed by atoms with Crippen LogP contribution < -0.4 is 10.4 Å². The van der Waals surface area contributed by atoms with Crippen LogP contribution in [0.25, 0.3) is 12.2 Å². The van der Waals surface area contributed by atoms with E-state index in [4.69, 9.17) is 9.47 Å². The van der Waals surface area contributed by atoms with Crippen LogP contribution in [0.5, 0.6) is 0 Å². The fourth-order valence-corrected chi connectivity index (χ4v) is 2.11. The van der Waals surface area contributed by atoms with Gasteiger partial charge in [0.05, 0.1) is 7.11 Å². The van der Waals surface area contributed by atoms with Crippen molar-refractivity contribution in [1.82, 2.24) is 0 Å². The van der Waals surface area contributed by atoms with E-state index in [0.29, 0.717) is 11.9 Å². The Kier molecular flexibility index (Phi) is 1.81.